The number of carbonyl (C=O) groups is 1. The number of carbonyl (C=O) groups excluding carboxylic acids is 1. The summed E-state index contributed by atoms with van der Waals surface area (Å²) in [5, 5.41) is 3.01. The predicted molar refractivity (Wildman–Crippen MR) is 61.0 cm³/mol. The van der Waals surface area contributed by atoms with E-state index < -0.39 is 0 Å². The lowest BCUT2D eigenvalue weighted by atomic mass is 10.1. The van der Waals surface area contributed by atoms with Crippen molar-refractivity contribution in [1.29, 1.82) is 0 Å². The average Bonchev–Trinajstić information content (AvgIpc) is 2.56. The molecule has 0 saturated heterocycles. The van der Waals surface area contributed by atoms with Crippen LogP contribution in [0.1, 0.15) is 39.0 Å². The van der Waals surface area contributed by atoms with Crippen molar-refractivity contribution >= 4 is 23.1 Å². The average molecular weight is 214 g/mol. The summed E-state index contributed by atoms with van der Waals surface area (Å²) < 4.78 is 0. The van der Waals surface area contributed by atoms with Crippen LogP contribution in [0.4, 0.5) is 0 Å². The third-order valence-corrected chi connectivity index (χ3v) is 3.10. The number of nitrogens with two attached hydrogens (primary N) is 1. The predicted octanol–water partition coefficient (Wildman–Crippen LogP) is 1.36. The Labute approximate surface area is 90.4 Å². The summed E-state index contributed by atoms with van der Waals surface area (Å²) >= 11 is 4.82. The third-order valence-electron chi connectivity index (χ3n) is 2.70. The molecule has 0 radical (unpaired) electrons. The second-order valence-electron chi connectivity index (χ2n) is 4.06. The number of nitrogens with one attached hydrogen (secondary N) is 1. The van der Waals surface area contributed by atoms with Crippen molar-refractivity contribution in [3.8, 4) is 0 Å². The number of hydrogen-bond donors (Lipinski definition) is 2. The summed E-state index contributed by atoms with van der Waals surface area (Å²) in [5.74, 6) is 0.0867. The van der Waals surface area contributed by atoms with Gasteiger partial charge in [-0.2, -0.15) is 0 Å². The molecule has 0 aliphatic heterocycles. The summed E-state index contributed by atoms with van der Waals surface area (Å²) in [6.07, 6.45) is 5.12. The van der Waals surface area contributed by atoms with E-state index in [0.29, 0.717) is 17.5 Å². The highest BCUT2D eigenvalue weighted by Crippen LogP contribution is 2.17. The van der Waals surface area contributed by atoms with Crippen LogP contribution in [0.2, 0.25) is 0 Å². The summed E-state index contributed by atoms with van der Waals surface area (Å²) in [6.45, 7) is 1.89. The highest BCUT2D eigenvalue weighted by molar-refractivity contribution is 7.80. The molecular weight excluding hydrogens is 196 g/mol. The lowest BCUT2D eigenvalue weighted by Crippen LogP contribution is -2.35. The van der Waals surface area contributed by atoms with Crippen LogP contribution < -0.4 is 11.1 Å². The Balaban J connectivity index is 2.24. The van der Waals surface area contributed by atoms with Gasteiger partial charge in [-0.25, -0.2) is 0 Å². The van der Waals surface area contributed by atoms with Crippen molar-refractivity contribution in [2.75, 3.05) is 0 Å². The second kappa shape index (κ2) is 5.29. The second-order valence-corrected chi connectivity index (χ2v) is 4.53. The molecule has 1 aliphatic rings. The molecule has 0 heterocycles. The van der Waals surface area contributed by atoms with Gasteiger partial charge in [0.05, 0.1) is 4.99 Å². The van der Waals surface area contributed by atoms with Gasteiger partial charge in [-0.05, 0) is 12.8 Å². The lowest BCUT2D eigenvalue weighted by Gasteiger charge is -2.14. The summed E-state index contributed by atoms with van der Waals surface area (Å²) in [5.41, 5.74) is 5.44. The molecule has 1 amide bonds. The quantitative estimate of drug-likeness (QED) is 0.695. The minimum atomic E-state index is 0.00593. The molecule has 0 bridgehead atoms. The van der Waals surface area contributed by atoms with Crippen molar-refractivity contribution < 1.29 is 4.79 Å². The van der Waals surface area contributed by atoms with E-state index in [4.69, 9.17) is 18.0 Å². The first-order valence-electron chi connectivity index (χ1n) is 5.18. The van der Waals surface area contributed by atoms with E-state index in [1.807, 2.05) is 6.92 Å². The normalized spacial score (nSPS) is 19.2. The molecule has 3 nitrogen and oxygen atoms in total. The molecule has 1 rings (SSSR count). The van der Waals surface area contributed by atoms with Crippen molar-refractivity contribution in [3.05, 3.63) is 0 Å². The van der Waals surface area contributed by atoms with Gasteiger partial charge in [0.1, 0.15) is 0 Å². The first-order valence-corrected chi connectivity index (χ1v) is 5.59. The summed E-state index contributed by atoms with van der Waals surface area (Å²) in [7, 11) is 0. The molecular formula is C10H18N2OS. The van der Waals surface area contributed by atoms with Gasteiger partial charge in [-0.1, -0.05) is 32.0 Å². The standard InChI is InChI=1S/C10H18N2OS/c1-7(10(11)14)6-9(13)12-8-4-2-3-5-8/h7-8H,2-6H2,1H3,(H2,11,14)(H,12,13). The zero-order valence-electron chi connectivity index (χ0n) is 8.58. The molecule has 1 atom stereocenters. The van der Waals surface area contributed by atoms with Gasteiger partial charge >= 0.3 is 0 Å². The van der Waals surface area contributed by atoms with Gasteiger partial charge in [0.15, 0.2) is 0 Å². The fourth-order valence-corrected chi connectivity index (χ4v) is 1.82. The van der Waals surface area contributed by atoms with Crippen LogP contribution in [0.3, 0.4) is 0 Å². The van der Waals surface area contributed by atoms with Crippen molar-refractivity contribution in [2.45, 2.75) is 45.1 Å². The zero-order chi connectivity index (χ0) is 10.6. The molecule has 80 valence electrons. The molecule has 0 aromatic carbocycles. The van der Waals surface area contributed by atoms with Gasteiger partial charge in [-0.15, -0.1) is 0 Å². The van der Waals surface area contributed by atoms with Crippen molar-refractivity contribution in [1.82, 2.24) is 5.32 Å². The molecule has 1 aliphatic carbocycles. The van der Waals surface area contributed by atoms with E-state index >= 15 is 0 Å². The van der Waals surface area contributed by atoms with Crippen LogP contribution >= 0.6 is 12.2 Å². The van der Waals surface area contributed by atoms with Crippen LogP contribution in [-0.2, 0) is 4.79 Å². The van der Waals surface area contributed by atoms with E-state index in [0.717, 1.165) is 12.8 Å². The number of thiocarbonyl (C=S) groups is 1. The van der Waals surface area contributed by atoms with Crippen LogP contribution in [0.15, 0.2) is 0 Å². The van der Waals surface area contributed by atoms with E-state index in [1.165, 1.54) is 12.8 Å². The molecule has 14 heavy (non-hydrogen) atoms. The van der Waals surface area contributed by atoms with Crippen LogP contribution in [-0.4, -0.2) is 16.9 Å². The summed E-state index contributed by atoms with van der Waals surface area (Å²) in [6, 6.07) is 0.390. The SMILES string of the molecule is CC(CC(=O)NC1CCCC1)C(N)=S. The van der Waals surface area contributed by atoms with Gasteiger partial charge in [0, 0.05) is 18.4 Å². The van der Waals surface area contributed by atoms with Crippen molar-refractivity contribution in [3.63, 3.8) is 0 Å². The Bertz CT molecular complexity index is 224. The maximum atomic E-state index is 11.5. The van der Waals surface area contributed by atoms with Crippen LogP contribution in [0, 0.1) is 5.92 Å². The Morgan fingerprint density at radius 1 is 1.57 bits per heavy atom. The molecule has 0 spiro atoms. The maximum absolute atomic E-state index is 11.5. The molecule has 0 aromatic heterocycles. The monoisotopic (exact) mass is 214 g/mol. The fourth-order valence-electron chi connectivity index (χ4n) is 1.74. The Kier molecular flexibility index (Phi) is 4.32. The maximum Gasteiger partial charge on any atom is 0.220 e. The van der Waals surface area contributed by atoms with E-state index in [-0.39, 0.29) is 11.8 Å². The number of amides is 1. The lowest BCUT2D eigenvalue weighted by molar-refractivity contribution is -0.122. The Morgan fingerprint density at radius 2 is 2.14 bits per heavy atom. The number of rotatable bonds is 4. The first-order chi connectivity index (χ1) is 6.59. The number of hydrogen-bond acceptors (Lipinski definition) is 2. The molecule has 0 aromatic rings. The van der Waals surface area contributed by atoms with Gasteiger partial charge < -0.3 is 11.1 Å². The minimum Gasteiger partial charge on any atom is -0.393 e. The molecule has 1 unspecified atom stereocenters. The van der Waals surface area contributed by atoms with Crippen LogP contribution in [0.25, 0.3) is 0 Å². The first kappa shape index (κ1) is 11.4. The van der Waals surface area contributed by atoms with Crippen molar-refractivity contribution in [2.24, 2.45) is 11.7 Å². The fraction of sp³-hybridized carbons (Fsp3) is 0.800. The largest absolute Gasteiger partial charge is 0.393 e. The molecule has 1 fully saturated rings. The van der Waals surface area contributed by atoms with E-state index in [2.05, 4.69) is 5.32 Å². The molecule has 1 saturated carbocycles. The molecule has 3 N–H and O–H groups in total. The topological polar surface area (TPSA) is 55.1 Å². The van der Waals surface area contributed by atoms with Gasteiger partial charge in [-0.3, -0.25) is 4.79 Å². The van der Waals surface area contributed by atoms with E-state index in [1.54, 1.807) is 0 Å². The van der Waals surface area contributed by atoms with Gasteiger partial charge in [0.25, 0.3) is 0 Å². The highest BCUT2D eigenvalue weighted by atomic mass is 32.1. The Morgan fingerprint density at radius 3 is 2.64 bits per heavy atom. The molecule has 4 heteroatoms. The smallest absolute Gasteiger partial charge is 0.220 e. The summed E-state index contributed by atoms with van der Waals surface area (Å²) in [4.78, 5) is 11.9. The zero-order valence-corrected chi connectivity index (χ0v) is 9.40. The minimum absolute atomic E-state index is 0.00593. The van der Waals surface area contributed by atoms with E-state index in [9.17, 15) is 4.79 Å². The van der Waals surface area contributed by atoms with Gasteiger partial charge in [0.2, 0.25) is 5.91 Å². The third kappa shape index (κ3) is 3.62. The highest BCUT2D eigenvalue weighted by Gasteiger charge is 2.18. The van der Waals surface area contributed by atoms with Crippen LogP contribution in [0.5, 0.6) is 0 Å². The Hall–Kier alpha value is -0.640.